The molecule has 0 saturated carbocycles. The summed E-state index contributed by atoms with van der Waals surface area (Å²) < 4.78 is 19.2. The van der Waals surface area contributed by atoms with Crippen LogP contribution in [0.5, 0.6) is 5.75 Å². The molecule has 0 saturated heterocycles. The predicted molar refractivity (Wildman–Crippen MR) is 82.7 cm³/mol. The number of hydrogen-bond donors (Lipinski definition) is 1. The third kappa shape index (κ3) is 3.92. The normalized spacial score (nSPS) is 10.3. The highest BCUT2D eigenvalue weighted by atomic mass is 35.5. The quantitative estimate of drug-likeness (QED) is 0.851. The molecule has 0 aliphatic rings. The van der Waals surface area contributed by atoms with E-state index in [0.717, 1.165) is 5.56 Å². The van der Waals surface area contributed by atoms with Crippen LogP contribution in [0.2, 0.25) is 5.02 Å². The average Bonchev–Trinajstić information content (AvgIpc) is 2.41. The van der Waals surface area contributed by atoms with Gasteiger partial charge >= 0.3 is 0 Å². The summed E-state index contributed by atoms with van der Waals surface area (Å²) in [5.41, 5.74) is 6.91. The second-order valence-electron chi connectivity index (χ2n) is 4.29. The van der Waals surface area contributed by atoms with E-state index in [9.17, 15) is 4.39 Å². The van der Waals surface area contributed by atoms with Crippen LogP contribution in [0.15, 0.2) is 42.5 Å². The van der Waals surface area contributed by atoms with Gasteiger partial charge in [0.2, 0.25) is 0 Å². The van der Waals surface area contributed by atoms with Crippen molar-refractivity contribution in [2.45, 2.75) is 13.0 Å². The Balaban J connectivity index is 2.00. The lowest BCUT2D eigenvalue weighted by atomic mass is 10.1. The van der Waals surface area contributed by atoms with Gasteiger partial charge in [0.1, 0.15) is 18.2 Å². The lowest BCUT2D eigenvalue weighted by Gasteiger charge is -2.08. The van der Waals surface area contributed by atoms with Gasteiger partial charge in [-0.1, -0.05) is 48.1 Å². The minimum Gasteiger partial charge on any atom is -0.489 e. The third-order valence-electron chi connectivity index (χ3n) is 2.73. The minimum atomic E-state index is -0.445. The number of rotatable bonds is 5. The molecule has 0 heterocycles. The van der Waals surface area contributed by atoms with Crippen LogP contribution < -0.4 is 10.5 Å². The summed E-state index contributed by atoms with van der Waals surface area (Å²) >= 11 is 10.6. The van der Waals surface area contributed by atoms with Gasteiger partial charge < -0.3 is 10.5 Å². The van der Waals surface area contributed by atoms with Gasteiger partial charge in [0, 0.05) is 12.0 Å². The van der Waals surface area contributed by atoms with Gasteiger partial charge in [0.15, 0.2) is 0 Å². The van der Waals surface area contributed by atoms with Crippen LogP contribution in [0.25, 0.3) is 0 Å². The first-order valence-corrected chi connectivity index (χ1v) is 6.78. The van der Waals surface area contributed by atoms with E-state index in [1.807, 2.05) is 12.1 Å². The van der Waals surface area contributed by atoms with Crippen molar-refractivity contribution in [2.75, 3.05) is 0 Å². The molecule has 0 radical (unpaired) electrons. The lowest BCUT2D eigenvalue weighted by Crippen LogP contribution is -2.10. The maximum atomic E-state index is 13.7. The Hall–Kier alpha value is -1.65. The lowest BCUT2D eigenvalue weighted by molar-refractivity contribution is 0.300. The van der Waals surface area contributed by atoms with Crippen molar-refractivity contribution in [1.82, 2.24) is 0 Å². The summed E-state index contributed by atoms with van der Waals surface area (Å²) in [6.45, 7) is 0.126. The van der Waals surface area contributed by atoms with Gasteiger partial charge in [-0.25, -0.2) is 4.39 Å². The number of halogens is 2. The van der Waals surface area contributed by atoms with Gasteiger partial charge in [-0.3, -0.25) is 0 Å². The van der Waals surface area contributed by atoms with E-state index in [1.54, 1.807) is 24.3 Å². The van der Waals surface area contributed by atoms with Gasteiger partial charge in [-0.2, -0.15) is 0 Å². The Morgan fingerprint density at radius 3 is 2.55 bits per heavy atom. The fraction of sp³-hybridized carbons (Fsp3) is 0.133. The Kier molecular flexibility index (Phi) is 4.93. The van der Waals surface area contributed by atoms with Gasteiger partial charge in [-0.15, -0.1) is 0 Å². The van der Waals surface area contributed by atoms with E-state index in [1.165, 1.54) is 6.07 Å². The topological polar surface area (TPSA) is 35.2 Å². The van der Waals surface area contributed by atoms with Crippen LogP contribution in [0.3, 0.4) is 0 Å². The second kappa shape index (κ2) is 6.68. The van der Waals surface area contributed by atoms with E-state index >= 15 is 0 Å². The van der Waals surface area contributed by atoms with Crippen molar-refractivity contribution in [3.63, 3.8) is 0 Å². The van der Waals surface area contributed by atoms with Crippen molar-refractivity contribution in [3.8, 4) is 5.75 Å². The number of hydrogen-bond acceptors (Lipinski definition) is 2. The molecular formula is C15H13ClFNOS. The fourth-order valence-corrected chi connectivity index (χ4v) is 2.09. The van der Waals surface area contributed by atoms with Crippen LogP contribution >= 0.6 is 23.8 Å². The van der Waals surface area contributed by atoms with E-state index in [0.29, 0.717) is 22.7 Å². The second-order valence-corrected chi connectivity index (χ2v) is 5.22. The van der Waals surface area contributed by atoms with Crippen molar-refractivity contribution < 1.29 is 9.13 Å². The van der Waals surface area contributed by atoms with E-state index in [-0.39, 0.29) is 11.6 Å². The monoisotopic (exact) mass is 309 g/mol. The van der Waals surface area contributed by atoms with Crippen LogP contribution in [-0.4, -0.2) is 4.99 Å². The Bertz CT molecular complexity index is 616. The molecule has 0 amide bonds. The average molecular weight is 310 g/mol. The summed E-state index contributed by atoms with van der Waals surface area (Å²) in [6, 6.07) is 12.2. The van der Waals surface area contributed by atoms with E-state index in [4.69, 9.17) is 34.3 Å². The summed E-state index contributed by atoms with van der Waals surface area (Å²) in [4.78, 5) is 0.444. The number of nitrogens with two attached hydrogens (primary N) is 1. The molecule has 2 rings (SSSR count). The molecule has 20 heavy (non-hydrogen) atoms. The highest BCUT2D eigenvalue weighted by Gasteiger charge is 2.06. The van der Waals surface area contributed by atoms with Crippen molar-refractivity contribution >= 4 is 28.8 Å². The molecule has 2 N–H and O–H groups in total. The minimum absolute atomic E-state index is 0.0953. The van der Waals surface area contributed by atoms with Gasteiger partial charge in [0.25, 0.3) is 0 Å². The highest BCUT2D eigenvalue weighted by Crippen LogP contribution is 2.20. The Labute approximate surface area is 127 Å². The summed E-state index contributed by atoms with van der Waals surface area (Å²) in [7, 11) is 0. The van der Waals surface area contributed by atoms with Gasteiger partial charge in [0.05, 0.1) is 10.0 Å². The molecule has 0 aliphatic carbocycles. The number of ether oxygens (including phenoxy) is 1. The van der Waals surface area contributed by atoms with Crippen molar-refractivity contribution in [2.24, 2.45) is 5.73 Å². The highest BCUT2D eigenvalue weighted by molar-refractivity contribution is 7.80. The number of benzene rings is 2. The fourth-order valence-electron chi connectivity index (χ4n) is 1.73. The SMILES string of the molecule is NC(=S)Cc1ccc(OCc2cccc(Cl)c2F)cc1. The smallest absolute Gasteiger partial charge is 0.148 e. The van der Waals surface area contributed by atoms with E-state index in [2.05, 4.69) is 0 Å². The molecule has 0 atom stereocenters. The molecule has 0 aromatic heterocycles. The zero-order valence-corrected chi connectivity index (χ0v) is 12.2. The van der Waals surface area contributed by atoms with Crippen LogP contribution in [0.4, 0.5) is 4.39 Å². The van der Waals surface area contributed by atoms with Crippen LogP contribution in [-0.2, 0) is 13.0 Å². The molecule has 0 aliphatic heterocycles. The molecule has 2 nitrogen and oxygen atoms in total. The molecule has 0 bridgehead atoms. The molecule has 104 valence electrons. The maximum absolute atomic E-state index is 13.7. The maximum Gasteiger partial charge on any atom is 0.148 e. The van der Waals surface area contributed by atoms with Crippen LogP contribution in [0, 0.1) is 5.82 Å². The summed E-state index contributed by atoms with van der Waals surface area (Å²) in [5.74, 6) is 0.204. The molecular weight excluding hydrogens is 297 g/mol. The Morgan fingerprint density at radius 2 is 1.90 bits per heavy atom. The molecule has 0 spiro atoms. The first-order valence-electron chi connectivity index (χ1n) is 5.99. The van der Waals surface area contributed by atoms with Gasteiger partial charge in [-0.05, 0) is 23.8 Å². The zero-order valence-electron chi connectivity index (χ0n) is 10.6. The standard InChI is InChI=1S/C15H13ClFNOS/c16-13-3-1-2-11(15(13)17)9-19-12-6-4-10(5-7-12)8-14(18)20/h1-7H,8-9H2,(H2,18,20). The first-order chi connectivity index (χ1) is 9.56. The van der Waals surface area contributed by atoms with E-state index < -0.39 is 5.82 Å². The summed E-state index contributed by atoms with van der Waals surface area (Å²) in [6.07, 6.45) is 0.554. The predicted octanol–water partition coefficient (Wildman–Crippen LogP) is 3.89. The molecule has 0 unspecified atom stereocenters. The first kappa shape index (κ1) is 14.8. The summed E-state index contributed by atoms with van der Waals surface area (Å²) in [5, 5.41) is 0.0953. The van der Waals surface area contributed by atoms with Crippen LogP contribution in [0.1, 0.15) is 11.1 Å². The number of thiocarbonyl (C=S) groups is 1. The van der Waals surface area contributed by atoms with Crippen molar-refractivity contribution in [1.29, 1.82) is 0 Å². The molecule has 2 aromatic rings. The Morgan fingerprint density at radius 1 is 1.20 bits per heavy atom. The third-order valence-corrected chi connectivity index (χ3v) is 3.16. The largest absolute Gasteiger partial charge is 0.489 e. The molecule has 0 fully saturated rings. The molecule has 2 aromatic carbocycles. The zero-order chi connectivity index (χ0) is 14.5. The van der Waals surface area contributed by atoms with Crippen molar-refractivity contribution in [3.05, 3.63) is 64.4 Å². The molecule has 5 heteroatoms.